The number of rotatable bonds is 7. The number of non-ortho nitro benzene ring substituents is 1. The first-order chi connectivity index (χ1) is 8.58. The van der Waals surface area contributed by atoms with Crippen LogP contribution in [0.15, 0.2) is 24.3 Å². The Balaban J connectivity index is 2.73. The molecule has 0 heterocycles. The van der Waals surface area contributed by atoms with Crippen molar-refractivity contribution in [2.24, 2.45) is 0 Å². The molecule has 0 aromatic heterocycles. The Morgan fingerprint density at radius 1 is 1.50 bits per heavy atom. The molecule has 0 fully saturated rings. The second-order valence-corrected chi connectivity index (χ2v) is 4.36. The maximum atomic E-state index is 10.7. The zero-order valence-corrected chi connectivity index (χ0v) is 10.8. The molecule has 5 nitrogen and oxygen atoms in total. The van der Waals surface area contributed by atoms with Crippen molar-refractivity contribution in [2.75, 3.05) is 6.61 Å². The van der Waals surface area contributed by atoms with Crippen LogP contribution in [0.4, 0.5) is 5.69 Å². The molecule has 0 saturated carbocycles. The van der Waals surface area contributed by atoms with Gasteiger partial charge >= 0.3 is 0 Å². The highest BCUT2D eigenvalue weighted by atomic mass is 16.6. The summed E-state index contributed by atoms with van der Waals surface area (Å²) >= 11 is 0. The summed E-state index contributed by atoms with van der Waals surface area (Å²) in [5, 5.41) is 23.0. The van der Waals surface area contributed by atoms with Gasteiger partial charge in [-0.15, -0.1) is 0 Å². The van der Waals surface area contributed by atoms with Gasteiger partial charge in [-0.05, 0) is 25.3 Å². The van der Waals surface area contributed by atoms with E-state index in [-0.39, 0.29) is 29.3 Å². The highest BCUT2D eigenvalue weighted by molar-refractivity contribution is 5.35. The van der Waals surface area contributed by atoms with E-state index in [1.165, 1.54) is 6.07 Å². The Morgan fingerprint density at radius 3 is 2.78 bits per heavy atom. The molecular weight excluding hydrogens is 232 g/mol. The Labute approximate surface area is 107 Å². The number of nitro benzene ring substituents is 1. The van der Waals surface area contributed by atoms with Crippen LogP contribution in [0.25, 0.3) is 0 Å². The summed E-state index contributed by atoms with van der Waals surface area (Å²) in [6, 6.07) is 6.89. The minimum absolute atomic E-state index is 0.0291. The van der Waals surface area contributed by atoms with Crippen LogP contribution in [0.2, 0.25) is 0 Å². The molecule has 1 aromatic rings. The van der Waals surface area contributed by atoms with Crippen molar-refractivity contribution in [2.45, 2.75) is 38.8 Å². The lowest BCUT2D eigenvalue weighted by molar-refractivity contribution is -0.384. The predicted molar refractivity (Wildman–Crippen MR) is 70.4 cm³/mol. The average Bonchev–Trinajstić information content (AvgIpc) is 2.38. The van der Waals surface area contributed by atoms with Crippen LogP contribution in [0.1, 0.15) is 38.3 Å². The third-order valence-corrected chi connectivity index (χ3v) is 3.04. The maximum absolute atomic E-state index is 10.7. The first kappa shape index (κ1) is 14.6. The van der Waals surface area contributed by atoms with E-state index in [9.17, 15) is 10.1 Å². The number of aliphatic hydroxyl groups excluding tert-OH is 1. The van der Waals surface area contributed by atoms with Gasteiger partial charge in [-0.1, -0.05) is 19.1 Å². The molecule has 0 aliphatic carbocycles. The predicted octanol–water partition coefficient (Wildman–Crippen LogP) is 2.41. The highest BCUT2D eigenvalue weighted by Crippen LogP contribution is 2.20. The molecule has 2 unspecified atom stereocenters. The van der Waals surface area contributed by atoms with Gasteiger partial charge in [-0.2, -0.15) is 0 Å². The average molecular weight is 252 g/mol. The molecule has 0 aliphatic rings. The normalized spacial score (nSPS) is 14.2. The largest absolute Gasteiger partial charge is 0.396 e. The van der Waals surface area contributed by atoms with Gasteiger partial charge in [0, 0.05) is 30.8 Å². The number of benzene rings is 1. The summed E-state index contributed by atoms with van der Waals surface area (Å²) in [7, 11) is 0. The zero-order valence-electron chi connectivity index (χ0n) is 10.8. The Kier molecular flexibility index (Phi) is 5.74. The molecule has 1 rings (SSSR count). The van der Waals surface area contributed by atoms with E-state index in [2.05, 4.69) is 5.32 Å². The van der Waals surface area contributed by atoms with Crippen LogP contribution in [0.5, 0.6) is 0 Å². The molecule has 1 aromatic carbocycles. The third kappa shape index (κ3) is 4.09. The van der Waals surface area contributed by atoms with Gasteiger partial charge in [0.05, 0.1) is 4.92 Å². The van der Waals surface area contributed by atoms with Crippen molar-refractivity contribution < 1.29 is 10.0 Å². The summed E-state index contributed by atoms with van der Waals surface area (Å²) < 4.78 is 0. The third-order valence-electron chi connectivity index (χ3n) is 3.04. The standard InChI is InChI=1S/C13H20N2O3/c1-3-12(7-8-16)14-10(2)11-5-4-6-13(9-11)15(17)18/h4-6,9-10,12,14,16H,3,7-8H2,1-2H3. The maximum Gasteiger partial charge on any atom is 0.269 e. The fourth-order valence-corrected chi connectivity index (χ4v) is 1.92. The molecule has 0 radical (unpaired) electrons. The Hall–Kier alpha value is -1.46. The van der Waals surface area contributed by atoms with Crippen molar-refractivity contribution in [1.29, 1.82) is 0 Å². The van der Waals surface area contributed by atoms with Crippen LogP contribution in [-0.4, -0.2) is 22.7 Å². The van der Waals surface area contributed by atoms with E-state index in [0.29, 0.717) is 6.42 Å². The molecule has 0 aliphatic heterocycles. The number of nitrogens with one attached hydrogen (secondary N) is 1. The fraction of sp³-hybridized carbons (Fsp3) is 0.538. The molecule has 2 atom stereocenters. The molecule has 2 N–H and O–H groups in total. The number of nitro groups is 1. The second-order valence-electron chi connectivity index (χ2n) is 4.36. The topological polar surface area (TPSA) is 75.4 Å². The van der Waals surface area contributed by atoms with E-state index >= 15 is 0 Å². The second kappa shape index (κ2) is 7.08. The van der Waals surface area contributed by atoms with E-state index in [0.717, 1.165) is 12.0 Å². The fourth-order valence-electron chi connectivity index (χ4n) is 1.92. The highest BCUT2D eigenvalue weighted by Gasteiger charge is 2.14. The summed E-state index contributed by atoms with van der Waals surface area (Å²) in [5.41, 5.74) is 0.997. The van der Waals surface area contributed by atoms with Crippen molar-refractivity contribution in [3.8, 4) is 0 Å². The quantitative estimate of drug-likeness (QED) is 0.577. The minimum Gasteiger partial charge on any atom is -0.396 e. The molecule has 0 bridgehead atoms. The van der Waals surface area contributed by atoms with Crippen molar-refractivity contribution >= 4 is 5.69 Å². The van der Waals surface area contributed by atoms with Crippen LogP contribution < -0.4 is 5.32 Å². The van der Waals surface area contributed by atoms with Crippen molar-refractivity contribution in [1.82, 2.24) is 5.32 Å². The van der Waals surface area contributed by atoms with Gasteiger partial charge in [-0.3, -0.25) is 10.1 Å². The summed E-state index contributed by atoms with van der Waals surface area (Å²) in [6.07, 6.45) is 1.61. The zero-order chi connectivity index (χ0) is 13.5. The summed E-state index contributed by atoms with van der Waals surface area (Å²) in [5.74, 6) is 0. The summed E-state index contributed by atoms with van der Waals surface area (Å²) in [6.45, 7) is 4.17. The van der Waals surface area contributed by atoms with Crippen LogP contribution in [-0.2, 0) is 0 Å². The monoisotopic (exact) mass is 252 g/mol. The van der Waals surface area contributed by atoms with E-state index in [4.69, 9.17) is 5.11 Å². The van der Waals surface area contributed by atoms with Gasteiger partial charge < -0.3 is 10.4 Å². The smallest absolute Gasteiger partial charge is 0.269 e. The van der Waals surface area contributed by atoms with Crippen LogP contribution in [0.3, 0.4) is 0 Å². The van der Waals surface area contributed by atoms with Gasteiger partial charge in [0.2, 0.25) is 0 Å². The van der Waals surface area contributed by atoms with Gasteiger partial charge in [-0.25, -0.2) is 0 Å². The number of aliphatic hydroxyl groups is 1. The van der Waals surface area contributed by atoms with E-state index in [1.54, 1.807) is 12.1 Å². The summed E-state index contributed by atoms with van der Waals surface area (Å²) in [4.78, 5) is 10.3. The Morgan fingerprint density at radius 2 is 2.22 bits per heavy atom. The first-order valence-electron chi connectivity index (χ1n) is 6.19. The lowest BCUT2D eigenvalue weighted by atomic mass is 10.0. The van der Waals surface area contributed by atoms with Gasteiger partial charge in [0.25, 0.3) is 5.69 Å². The number of hydrogen-bond acceptors (Lipinski definition) is 4. The van der Waals surface area contributed by atoms with E-state index in [1.807, 2.05) is 19.9 Å². The van der Waals surface area contributed by atoms with E-state index < -0.39 is 0 Å². The molecule has 5 heteroatoms. The lowest BCUT2D eigenvalue weighted by Crippen LogP contribution is -2.31. The van der Waals surface area contributed by atoms with Crippen molar-refractivity contribution in [3.05, 3.63) is 39.9 Å². The molecule has 0 amide bonds. The SMILES string of the molecule is CCC(CCO)NC(C)c1cccc([N+](=O)[O-])c1. The van der Waals surface area contributed by atoms with Gasteiger partial charge in [0.15, 0.2) is 0 Å². The molecule has 18 heavy (non-hydrogen) atoms. The molecule has 0 saturated heterocycles. The minimum atomic E-state index is -0.388. The van der Waals surface area contributed by atoms with Crippen LogP contribution in [0, 0.1) is 10.1 Å². The first-order valence-corrected chi connectivity index (χ1v) is 6.19. The number of nitrogens with zero attached hydrogens (tertiary/aromatic N) is 1. The van der Waals surface area contributed by atoms with Gasteiger partial charge in [0.1, 0.15) is 0 Å². The molecule has 100 valence electrons. The number of hydrogen-bond donors (Lipinski definition) is 2. The van der Waals surface area contributed by atoms with Crippen molar-refractivity contribution in [3.63, 3.8) is 0 Å². The van der Waals surface area contributed by atoms with Crippen LogP contribution >= 0.6 is 0 Å². The molecular formula is C13H20N2O3. The Bertz CT molecular complexity index is 396. The lowest BCUT2D eigenvalue weighted by Gasteiger charge is -2.21. The molecule has 0 spiro atoms.